The topological polar surface area (TPSA) is 62.4 Å². The zero-order chi connectivity index (χ0) is 22.4. The lowest BCUT2D eigenvalue weighted by Crippen LogP contribution is -2.23. The normalized spacial score (nSPS) is 11.4. The average Bonchev–Trinajstić information content (AvgIpc) is 2.76. The Bertz CT molecular complexity index is 1100. The van der Waals surface area contributed by atoms with Crippen LogP contribution in [0.25, 0.3) is 0 Å². The van der Waals surface area contributed by atoms with E-state index in [1.807, 2.05) is 55.5 Å². The fourth-order valence-electron chi connectivity index (χ4n) is 2.73. The quantitative estimate of drug-likeness (QED) is 0.289. The van der Waals surface area contributed by atoms with Gasteiger partial charge < -0.3 is 20.7 Å². The Kier molecular flexibility index (Phi) is 7.85. The van der Waals surface area contributed by atoms with E-state index in [0.717, 1.165) is 21.6 Å². The SMILES string of the molecule is COc1ccc(N/C(C)=C(/Nc2ccc(Br)cc2)C(=O)Nc2cc(Cl)ccc2Cl)cc1. The minimum absolute atomic E-state index is 0.328. The van der Waals surface area contributed by atoms with E-state index < -0.39 is 0 Å². The highest BCUT2D eigenvalue weighted by Crippen LogP contribution is 2.27. The van der Waals surface area contributed by atoms with Gasteiger partial charge >= 0.3 is 0 Å². The second kappa shape index (κ2) is 10.6. The monoisotopic (exact) mass is 519 g/mol. The lowest BCUT2D eigenvalue weighted by Gasteiger charge is -2.17. The fraction of sp³-hybridized carbons (Fsp3) is 0.0870. The molecule has 0 heterocycles. The maximum Gasteiger partial charge on any atom is 0.273 e. The van der Waals surface area contributed by atoms with Crippen molar-refractivity contribution in [2.45, 2.75) is 6.92 Å². The molecular formula is C23H20BrCl2N3O2. The van der Waals surface area contributed by atoms with Crippen molar-refractivity contribution >= 4 is 62.1 Å². The number of ether oxygens (including phenoxy) is 1. The van der Waals surface area contributed by atoms with E-state index in [1.165, 1.54) is 0 Å². The smallest absolute Gasteiger partial charge is 0.273 e. The van der Waals surface area contributed by atoms with Crippen molar-refractivity contribution in [3.63, 3.8) is 0 Å². The molecule has 0 aliphatic rings. The number of rotatable bonds is 7. The van der Waals surface area contributed by atoms with Gasteiger partial charge in [0, 0.05) is 26.6 Å². The van der Waals surface area contributed by atoms with Crippen LogP contribution in [0.1, 0.15) is 6.92 Å². The predicted octanol–water partition coefficient (Wildman–Crippen LogP) is 7.16. The predicted molar refractivity (Wildman–Crippen MR) is 132 cm³/mol. The molecular weight excluding hydrogens is 501 g/mol. The summed E-state index contributed by atoms with van der Waals surface area (Å²) < 4.78 is 6.13. The summed E-state index contributed by atoms with van der Waals surface area (Å²) in [6, 6.07) is 19.8. The van der Waals surface area contributed by atoms with E-state index in [2.05, 4.69) is 31.9 Å². The standard InChI is InChI=1S/C23H20BrCl2N3O2/c1-14(27-17-8-10-19(31-2)11-9-17)22(28-18-6-3-15(24)4-7-18)23(30)29-21-13-16(25)5-12-20(21)26/h3-13,27-28H,1-2H3,(H,29,30)/b22-14+. The Hall–Kier alpha value is -2.67. The minimum atomic E-state index is -0.370. The molecule has 0 bridgehead atoms. The number of hydrogen-bond donors (Lipinski definition) is 3. The molecule has 0 radical (unpaired) electrons. The van der Waals surface area contributed by atoms with Crippen molar-refractivity contribution in [3.8, 4) is 5.75 Å². The van der Waals surface area contributed by atoms with Crippen molar-refractivity contribution in [1.82, 2.24) is 0 Å². The second-order valence-corrected chi connectivity index (χ2v) is 8.32. The summed E-state index contributed by atoms with van der Waals surface area (Å²) in [6.45, 7) is 1.81. The van der Waals surface area contributed by atoms with Gasteiger partial charge in [-0.3, -0.25) is 4.79 Å². The number of nitrogens with one attached hydrogen (secondary N) is 3. The van der Waals surface area contributed by atoms with E-state index in [4.69, 9.17) is 27.9 Å². The third-order valence-corrected chi connectivity index (χ3v) is 5.41. The maximum atomic E-state index is 13.2. The Morgan fingerprint density at radius 2 is 1.48 bits per heavy atom. The molecule has 0 unspecified atom stereocenters. The molecule has 160 valence electrons. The van der Waals surface area contributed by atoms with Crippen LogP contribution < -0.4 is 20.7 Å². The van der Waals surface area contributed by atoms with E-state index >= 15 is 0 Å². The van der Waals surface area contributed by atoms with Crippen LogP contribution in [-0.2, 0) is 4.79 Å². The van der Waals surface area contributed by atoms with Crippen molar-refractivity contribution in [2.75, 3.05) is 23.1 Å². The first kappa shape index (κ1) is 23.0. The number of methoxy groups -OCH3 is 1. The first-order valence-corrected chi connectivity index (χ1v) is 10.8. The highest BCUT2D eigenvalue weighted by molar-refractivity contribution is 9.10. The Morgan fingerprint density at radius 3 is 2.13 bits per heavy atom. The Morgan fingerprint density at radius 1 is 0.871 bits per heavy atom. The van der Waals surface area contributed by atoms with Crippen LogP contribution in [0.3, 0.4) is 0 Å². The molecule has 0 aliphatic heterocycles. The van der Waals surface area contributed by atoms with Crippen LogP contribution in [0.4, 0.5) is 17.1 Å². The second-order valence-electron chi connectivity index (χ2n) is 6.56. The molecule has 3 aromatic carbocycles. The molecule has 0 spiro atoms. The van der Waals surface area contributed by atoms with E-state index in [-0.39, 0.29) is 5.91 Å². The van der Waals surface area contributed by atoms with Crippen molar-refractivity contribution in [1.29, 1.82) is 0 Å². The van der Waals surface area contributed by atoms with Gasteiger partial charge in [-0.05, 0) is 73.7 Å². The van der Waals surface area contributed by atoms with Crippen molar-refractivity contribution in [2.24, 2.45) is 0 Å². The van der Waals surface area contributed by atoms with Crippen LogP contribution in [0.2, 0.25) is 10.0 Å². The summed E-state index contributed by atoms with van der Waals surface area (Å²) in [5.74, 6) is 0.374. The Balaban J connectivity index is 1.91. The zero-order valence-corrected chi connectivity index (χ0v) is 19.9. The number of anilines is 3. The van der Waals surface area contributed by atoms with Crippen LogP contribution in [0, 0.1) is 0 Å². The number of benzene rings is 3. The van der Waals surface area contributed by atoms with Gasteiger partial charge in [0.15, 0.2) is 0 Å². The van der Waals surface area contributed by atoms with Gasteiger partial charge in [0.05, 0.1) is 17.8 Å². The van der Waals surface area contributed by atoms with Crippen LogP contribution >= 0.6 is 39.1 Å². The molecule has 0 saturated heterocycles. The summed E-state index contributed by atoms with van der Waals surface area (Å²) in [4.78, 5) is 13.2. The van der Waals surface area contributed by atoms with Gasteiger partial charge in [0.1, 0.15) is 11.4 Å². The first-order chi connectivity index (χ1) is 14.9. The van der Waals surface area contributed by atoms with Crippen molar-refractivity contribution < 1.29 is 9.53 Å². The van der Waals surface area contributed by atoms with Gasteiger partial charge in [-0.15, -0.1) is 0 Å². The van der Waals surface area contributed by atoms with Crippen LogP contribution in [-0.4, -0.2) is 13.0 Å². The molecule has 31 heavy (non-hydrogen) atoms. The van der Waals surface area contributed by atoms with Gasteiger partial charge in [-0.25, -0.2) is 0 Å². The minimum Gasteiger partial charge on any atom is -0.497 e. The first-order valence-electron chi connectivity index (χ1n) is 9.26. The molecule has 5 nitrogen and oxygen atoms in total. The number of hydrogen-bond acceptors (Lipinski definition) is 4. The van der Waals surface area contributed by atoms with Gasteiger partial charge in [0.2, 0.25) is 0 Å². The number of halogens is 3. The average molecular weight is 521 g/mol. The molecule has 3 aromatic rings. The fourth-order valence-corrected chi connectivity index (χ4v) is 3.33. The maximum absolute atomic E-state index is 13.2. The van der Waals surface area contributed by atoms with Crippen LogP contribution in [0.5, 0.6) is 5.75 Å². The lowest BCUT2D eigenvalue weighted by atomic mass is 10.2. The largest absolute Gasteiger partial charge is 0.497 e. The van der Waals surface area contributed by atoms with E-state index in [1.54, 1.807) is 25.3 Å². The molecule has 1 amide bonds. The van der Waals surface area contributed by atoms with Crippen molar-refractivity contribution in [3.05, 3.63) is 92.6 Å². The number of carbonyl (C=O) groups is 1. The summed E-state index contributed by atoms with van der Waals surface area (Å²) in [5.41, 5.74) is 2.92. The molecule has 3 rings (SSSR count). The number of carbonyl (C=O) groups excluding carboxylic acids is 1. The zero-order valence-electron chi connectivity index (χ0n) is 16.8. The van der Waals surface area contributed by atoms with E-state index in [9.17, 15) is 4.79 Å². The summed E-state index contributed by atoms with van der Waals surface area (Å²) in [7, 11) is 1.61. The van der Waals surface area contributed by atoms with Gasteiger partial charge in [-0.1, -0.05) is 39.1 Å². The molecule has 0 aliphatic carbocycles. The summed E-state index contributed by atoms with van der Waals surface area (Å²) >= 11 is 15.7. The highest BCUT2D eigenvalue weighted by Gasteiger charge is 2.16. The number of allylic oxidation sites excluding steroid dienone is 1. The molecule has 0 aromatic heterocycles. The molecule has 0 saturated carbocycles. The third-order valence-electron chi connectivity index (χ3n) is 4.31. The van der Waals surface area contributed by atoms with Crippen LogP contribution in [0.15, 0.2) is 82.6 Å². The lowest BCUT2D eigenvalue weighted by molar-refractivity contribution is -0.112. The molecule has 0 atom stereocenters. The molecule has 3 N–H and O–H groups in total. The number of amides is 1. The molecule has 8 heteroatoms. The molecule has 0 fully saturated rings. The highest BCUT2D eigenvalue weighted by atomic mass is 79.9. The van der Waals surface area contributed by atoms with Gasteiger partial charge in [-0.2, -0.15) is 0 Å². The Labute approximate surface area is 199 Å². The summed E-state index contributed by atoms with van der Waals surface area (Å²) in [6.07, 6.45) is 0. The third kappa shape index (κ3) is 6.40. The van der Waals surface area contributed by atoms with Gasteiger partial charge in [0.25, 0.3) is 5.91 Å². The summed E-state index contributed by atoms with van der Waals surface area (Å²) in [5, 5.41) is 10.1. The van der Waals surface area contributed by atoms with E-state index in [0.29, 0.717) is 27.1 Å².